The summed E-state index contributed by atoms with van der Waals surface area (Å²) < 4.78 is 5.12. The summed E-state index contributed by atoms with van der Waals surface area (Å²) >= 11 is 0. The van der Waals surface area contributed by atoms with Gasteiger partial charge in [-0.1, -0.05) is 12.1 Å². The van der Waals surface area contributed by atoms with E-state index in [1.807, 2.05) is 36.2 Å². The number of piperazine rings is 1. The third-order valence-corrected chi connectivity index (χ3v) is 5.80. The van der Waals surface area contributed by atoms with E-state index in [9.17, 15) is 9.59 Å². The molecule has 0 bridgehead atoms. The summed E-state index contributed by atoms with van der Waals surface area (Å²) in [6.07, 6.45) is 2.49. The van der Waals surface area contributed by atoms with Crippen molar-refractivity contribution < 1.29 is 14.3 Å². The highest BCUT2D eigenvalue weighted by Gasteiger charge is 2.35. The Bertz CT molecular complexity index is 668. The Morgan fingerprint density at radius 1 is 1.20 bits per heavy atom. The zero-order chi connectivity index (χ0) is 19.9. The molecule has 0 unspecified atom stereocenters. The van der Waals surface area contributed by atoms with Gasteiger partial charge in [0, 0.05) is 39.3 Å². The first-order chi connectivity index (χ1) is 13.7. The fraction of sp³-hybridized carbons (Fsp3) is 0.600. The number of carbonyl (C=O) groups excluding carboxylic acids is 2. The van der Waals surface area contributed by atoms with E-state index < -0.39 is 6.17 Å². The van der Waals surface area contributed by atoms with Gasteiger partial charge >= 0.3 is 5.97 Å². The molecule has 3 rings (SSSR count). The highest BCUT2D eigenvalue weighted by molar-refractivity contribution is 5.86. The molecule has 0 radical (unpaired) electrons. The zero-order valence-electron chi connectivity index (χ0n) is 17.6. The lowest BCUT2D eigenvalue weighted by Gasteiger charge is -2.44. The molecule has 10 heteroatoms. The molecule has 2 aliphatic rings. The molecule has 0 saturated carbocycles. The molecule has 2 aliphatic heterocycles. The van der Waals surface area contributed by atoms with Gasteiger partial charge < -0.3 is 20.3 Å². The number of rotatable bonds is 7. The monoisotopic (exact) mass is 461 g/mol. The molecular weight excluding hydrogens is 429 g/mol. The lowest BCUT2D eigenvalue weighted by Crippen LogP contribution is -2.60. The Hall–Kier alpha value is -1.58. The molecule has 2 fully saturated rings. The van der Waals surface area contributed by atoms with Gasteiger partial charge in [-0.15, -0.1) is 24.8 Å². The van der Waals surface area contributed by atoms with E-state index in [4.69, 9.17) is 4.74 Å². The molecule has 2 heterocycles. The second-order valence-electron chi connectivity index (χ2n) is 7.34. The first-order valence-corrected chi connectivity index (χ1v) is 9.94. The minimum atomic E-state index is -0.533. The first kappa shape index (κ1) is 26.5. The summed E-state index contributed by atoms with van der Waals surface area (Å²) in [5.41, 5.74) is 1.45. The summed E-state index contributed by atoms with van der Waals surface area (Å²) in [5.74, 6) is -0.293. The Morgan fingerprint density at radius 3 is 2.43 bits per heavy atom. The van der Waals surface area contributed by atoms with Gasteiger partial charge in [-0.25, -0.2) is 4.79 Å². The number of anilines is 2. The maximum absolute atomic E-state index is 12.7. The number of hydrogen-bond acceptors (Lipinski definition) is 7. The molecule has 2 saturated heterocycles. The van der Waals surface area contributed by atoms with E-state index in [1.54, 1.807) is 0 Å². The van der Waals surface area contributed by atoms with Crippen LogP contribution >= 0.6 is 24.8 Å². The fourth-order valence-corrected chi connectivity index (χ4v) is 4.27. The van der Waals surface area contributed by atoms with Crippen LogP contribution in [0.25, 0.3) is 0 Å². The fourth-order valence-electron chi connectivity index (χ4n) is 4.27. The van der Waals surface area contributed by atoms with Crippen molar-refractivity contribution >= 4 is 48.6 Å². The second-order valence-corrected chi connectivity index (χ2v) is 7.34. The summed E-state index contributed by atoms with van der Waals surface area (Å²) in [5, 5.41) is 6.13. The zero-order valence-corrected chi connectivity index (χ0v) is 19.2. The maximum atomic E-state index is 12.7. The standard InChI is InChI=1S/C20H31N5O3.2ClH/c1-23(18-6-4-3-5-17(18)22-15-26)19(20(27)28-2)25-13-11-24(12-14-25)16-7-9-21-10-8-16;;/h3-6,15-16,19,21H,7-14H2,1-2H3,(H,22,26);2*1H/t19-;;/m0../s1. The number of ether oxygens (including phenoxy) is 1. The van der Waals surface area contributed by atoms with Gasteiger partial charge in [-0.05, 0) is 38.1 Å². The number of likely N-dealkylation sites (N-methyl/N-ethyl adjacent to an activating group) is 1. The average molecular weight is 462 g/mol. The van der Waals surface area contributed by atoms with Crippen molar-refractivity contribution in [2.75, 3.05) is 63.6 Å². The molecule has 30 heavy (non-hydrogen) atoms. The molecule has 1 aromatic carbocycles. The number of piperidine rings is 1. The number of amides is 1. The molecule has 1 atom stereocenters. The van der Waals surface area contributed by atoms with Gasteiger partial charge in [0.2, 0.25) is 6.41 Å². The smallest absolute Gasteiger partial charge is 0.343 e. The van der Waals surface area contributed by atoms with Crippen molar-refractivity contribution in [3.05, 3.63) is 24.3 Å². The lowest BCUT2D eigenvalue weighted by molar-refractivity contribution is -0.147. The topological polar surface area (TPSA) is 77.2 Å². The molecular formula is C20H33Cl2N5O3. The number of nitrogens with one attached hydrogen (secondary N) is 2. The largest absolute Gasteiger partial charge is 0.466 e. The third kappa shape index (κ3) is 6.21. The molecule has 1 aromatic rings. The van der Waals surface area contributed by atoms with Crippen molar-refractivity contribution in [1.82, 2.24) is 15.1 Å². The average Bonchev–Trinajstić information content (AvgIpc) is 2.75. The van der Waals surface area contributed by atoms with Crippen LogP contribution in [0.15, 0.2) is 24.3 Å². The second kappa shape index (κ2) is 13.0. The van der Waals surface area contributed by atoms with Crippen molar-refractivity contribution in [1.29, 1.82) is 0 Å². The van der Waals surface area contributed by atoms with Gasteiger partial charge in [0.15, 0.2) is 6.17 Å². The number of para-hydroxylation sites is 2. The Labute approximate surface area is 191 Å². The molecule has 1 amide bonds. The maximum Gasteiger partial charge on any atom is 0.343 e. The first-order valence-electron chi connectivity index (χ1n) is 9.94. The van der Waals surface area contributed by atoms with Crippen LogP contribution in [0.5, 0.6) is 0 Å². The van der Waals surface area contributed by atoms with E-state index in [1.165, 1.54) is 20.0 Å². The van der Waals surface area contributed by atoms with Gasteiger partial charge in [0.25, 0.3) is 0 Å². The minimum absolute atomic E-state index is 0. The van der Waals surface area contributed by atoms with Crippen LogP contribution < -0.4 is 15.5 Å². The minimum Gasteiger partial charge on any atom is -0.466 e. The van der Waals surface area contributed by atoms with Crippen molar-refractivity contribution in [3.63, 3.8) is 0 Å². The lowest BCUT2D eigenvalue weighted by atomic mass is 10.0. The van der Waals surface area contributed by atoms with E-state index in [0.29, 0.717) is 18.1 Å². The van der Waals surface area contributed by atoms with Crippen molar-refractivity contribution in [2.45, 2.75) is 25.0 Å². The summed E-state index contributed by atoms with van der Waals surface area (Å²) in [6.45, 7) is 5.66. The SMILES string of the molecule is COC(=O)[C@H](N1CCN(C2CCNCC2)CC1)N(C)c1ccccc1NC=O.Cl.Cl. The van der Waals surface area contributed by atoms with Crippen LogP contribution in [-0.2, 0) is 14.3 Å². The van der Waals surface area contributed by atoms with Gasteiger partial charge in [0.1, 0.15) is 0 Å². The number of carbonyl (C=O) groups is 2. The molecule has 0 aromatic heterocycles. The van der Waals surface area contributed by atoms with Gasteiger partial charge in [-0.2, -0.15) is 0 Å². The Balaban J connectivity index is 0.00000225. The van der Waals surface area contributed by atoms with Gasteiger partial charge in [0.05, 0.1) is 18.5 Å². The summed E-state index contributed by atoms with van der Waals surface area (Å²) in [6, 6.07) is 8.10. The molecule has 0 aliphatic carbocycles. The van der Waals surface area contributed by atoms with Crippen molar-refractivity contribution in [3.8, 4) is 0 Å². The predicted octanol–water partition coefficient (Wildman–Crippen LogP) is 1.40. The van der Waals surface area contributed by atoms with Gasteiger partial charge in [-0.3, -0.25) is 14.6 Å². The van der Waals surface area contributed by atoms with Crippen LogP contribution in [0.3, 0.4) is 0 Å². The van der Waals surface area contributed by atoms with Crippen LogP contribution in [0.2, 0.25) is 0 Å². The Kier molecular flexibility index (Phi) is 11.4. The van der Waals surface area contributed by atoms with E-state index in [2.05, 4.69) is 20.4 Å². The quantitative estimate of drug-likeness (QED) is 0.469. The number of nitrogens with zero attached hydrogens (tertiary/aromatic N) is 3. The third-order valence-electron chi connectivity index (χ3n) is 5.80. The summed E-state index contributed by atoms with van der Waals surface area (Å²) in [4.78, 5) is 30.2. The predicted molar refractivity (Wildman–Crippen MR) is 124 cm³/mol. The number of benzene rings is 1. The van der Waals surface area contributed by atoms with Crippen LogP contribution in [0.4, 0.5) is 11.4 Å². The number of halogens is 2. The highest BCUT2D eigenvalue weighted by Crippen LogP contribution is 2.28. The number of hydrogen-bond donors (Lipinski definition) is 2. The summed E-state index contributed by atoms with van der Waals surface area (Å²) in [7, 11) is 3.29. The van der Waals surface area contributed by atoms with E-state index in [-0.39, 0.29) is 30.8 Å². The Morgan fingerprint density at radius 2 is 1.83 bits per heavy atom. The molecule has 170 valence electrons. The molecule has 2 N–H and O–H groups in total. The van der Waals surface area contributed by atoms with Crippen LogP contribution in [0, 0.1) is 0 Å². The molecule has 0 spiro atoms. The van der Waals surface area contributed by atoms with Crippen molar-refractivity contribution in [2.24, 2.45) is 0 Å². The molecule has 8 nitrogen and oxygen atoms in total. The van der Waals surface area contributed by atoms with E-state index in [0.717, 1.165) is 45.0 Å². The van der Waals surface area contributed by atoms with Crippen LogP contribution in [0.1, 0.15) is 12.8 Å². The van der Waals surface area contributed by atoms with Crippen LogP contribution in [-0.4, -0.2) is 87.8 Å². The number of esters is 1. The normalized spacial score (nSPS) is 19.0. The van der Waals surface area contributed by atoms with E-state index >= 15 is 0 Å². The number of methoxy groups -OCH3 is 1. The highest BCUT2D eigenvalue weighted by atomic mass is 35.5.